The fraction of sp³-hybridized carbons (Fsp3) is 0.385. The first-order valence-electron chi connectivity index (χ1n) is 6.23. The van der Waals surface area contributed by atoms with Gasteiger partial charge >= 0.3 is 12.1 Å². The van der Waals surface area contributed by atoms with Crippen LogP contribution in [0.3, 0.4) is 0 Å². The number of amides is 4. The number of carbonyl (C=O) groups is 2. The molecular weight excluding hydrogens is 265 g/mol. The Morgan fingerprint density at radius 2 is 2.40 bits per heavy atom. The Kier molecular flexibility index (Phi) is 4.52. The molecule has 2 N–H and O–H groups in total. The lowest BCUT2D eigenvalue weighted by atomic mass is 10.1. The van der Waals surface area contributed by atoms with E-state index in [0.29, 0.717) is 18.7 Å². The highest BCUT2D eigenvalue weighted by atomic mass is 19.1. The van der Waals surface area contributed by atoms with Crippen molar-refractivity contribution < 1.29 is 18.7 Å². The van der Waals surface area contributed by atoms with Crippen LogP contribution in [0.5, 0.6) is 0 Å². The van der Waals surface area contributed by atoms with Crippen molar-refractivity contribution in [3.63, 3.8) is 0 Å². The summed E-state index contributed by atoms with van der Waals surface area (Å²) in [4.78, 5) is 24.2. The summed E-state index contributed by atoms with van der Waals surface area (Å²) in [6.07, 6.45) is -0.472. The van der Waals surface area contributed by atoms with Crippen molar-refractivity contribution in [2.75, 3.05) is 26.7 Å². The lowest BCUT2D eigenvalue weighted by Gasteiger charge is -2.19. The van der Waals surface area contributed by atoms with Gasteiger partial charge in [-0.2, -0.15) is 0 Å². The molecule has 0 radical (unpaired) electrons. The first-order valence-corrected chi connectivity index (χ1v) is 6.23. The van der Waals surface area contributed by atoms with Crippen LogP contribution < -0.4 is 10.6 Å². The van der Waals surface area contributed by atoms with Crippen LogP contribution in [0, 0.1) is 5.82 Å². The van der Waals surface area contributed by atoms with E-state index in [1.54, 1.807) is 12.1 Å². The van der Waals surface area contributed by atoms with Gasteiger partial charge < -0.3 is 15.4 Å². The number of methoxy groups -OCH3 is 1. The van der Waals surface area contributed by atoms with Crippen LogP contribution in [0.1, 0.15) is 11.7 Å². The SMILES string of the molecule is CO[C@@H](CNC(=O)N1CCNC1=O)c1cccc(F)c1. The minimum Gasteiger partial charge on any atom is -0.375 e. The molecule has 1 aromatic carbocycles. The molecule has 0 aliphatic carbocycles. The summed E-state index contributed by atoms with van der Waals surface area (Å²) in [6.45, 7) is 0.939. The molecule has 1 atom stereocenters. The van der Waals surface area contributed by atoms with Crippen molar-refractivity contribution in [2.24, 2.45) is 0 Å². The van der Waals surface area contributed by atoms with Gasteiger partial charge in [0.2, 0.25) is 0 Å². The molecule has 6 nitrogen and oxygen atoms in total. The Hall–Kier alpha value is -2.15. The number of urea groups is 2. The highest BCUT2D eigenvalue weighted by Crippen LogP contribution is 2.16. The lowest BCUT2D eigenvalue weighted by molar-refractivity contribution is 0.102. The van der Waals surface area contributed by atoms with Crippen molar-refractivity contribution >= 4 is 12.1 Å². The number of hydrogen-bond acceptors (Lipinski definition) is 3. The predicted molar refractivity (Wildman–Crippen MR) is 69.7 cm³/mol. The maximum absolute atomic E-state index is 13.2. The average molecular weight is 281 g/mol. The number of halogens is 1. The standard InChI is InChI=1S/C13H16FN3O3/c1-20-11(9-3-2-4-10(14)7-9)8-16-13(19)17-6-5-15-12(17)18/h2-4,7,11H,5-6,8H2,1H3,(H,15,18)(H,16,19)/t11-/m0/s1. The van der Waals surface area contributed by atoms with Gasteiger partial charge in [0, 0.05) is 26.7 Å². The minimum absolute atomic E-state index is 0.155. The Bertz CT molecular complexity index is 509. The molecule has 0 aromatic heterocycles. The van der Waals surface area contributed by atoms with Gasteiger partial charge in [-0.05, 0) is 17.7 Å². The van der Waals surface area contributed by atoms with E-state index < -0.39 is 18.2 Å². The van der Waals surface area contributed by atoms with Crippen LogP contribution in [0.2, 0.25) is 0 Å². The first kappa shape index (κ1) is 14.3. The Balaban J connectivity index is 1.94. The molecule has 1 fully saturated rings. The molecule has 1 aliphatic rings. The summed E-state index contributed by atoms with van der Waals surface area (Å²) < 4.78 is 18.4. The number of hydrogen-bond donors (Lipinski definition) is 2. The summed E-state index contributed by atoms with van der Waals surface area (Å²) in [7, 11) is 1.48. The highest BCUT2D eigenvalue weighted by Gasteiger charge is 2.26. The number of benzene rings is 1. The van der Waals surface area contributed by atoms with Crippen LogP contribution in [0.25, 0.3) is 0 Å². The fourth-order valence-corrected chi connectivity index (χ4v) is 1.98. The van der Waals surface area contributed by atoms with E-state index in [2.05, 4.69) is 10.6 Å². The summed E-state index contributed by atoms with van der Waals surface area (Å²) >= 11 is 0. The zero-order valence-electron chi connectivity index (χ0n) is 11.1. The van der Waals surface area contributed by atoms with Gasteiger partial charge in [-0.25, -0.2) is 18.9 Å². The highest BCUT2D eigenvalue weighted by molar-refractivity contribution is 5.94. The van der Waals surface area contributed by atoms with Crippen molar-refractivity contribution in [1.82, 2.24) is 15.5 Å². The third-order valence-corrected chi connectivity index (χ3v) is 3.05. The maximum Gasteiger partial charge on any atom is 0.325 e. The number of nitrogens with zero attached hydrogens (tertiary/aromatic N) is 1. The zero-order chi connectivity index (χ0) is 14.5. The molecule has 0 saturated carbocycles. The number of imide groups is 1. The molecule has 0 bridgehead atoms. The van der Waals surface area contributed by atoms with Crippen molar-refractivity contribution in [2.45, 2.75) is 6.10 Å². The summed E-state index contributed by atoms with van der Waals surface area (Å²) in [6, 6.07) is 5.07. The molecule has 2 rings (SSSR count). The third-order valence-electron chi connectivity index (χ3n) is 3.05. The fourth-order valence-electron chi connectivity index (χ4n) is 1.98. The molecule has 20 heavy (non-hydrogen) atoms. The van der Waals surface area contributed by atoms with E-state index in [9.17, 15) is 14.0 Å². The third kappa shape index (κ3) is 3.24. The summed E-state index contributed by atoms with van der Waals surface area (Å²) in [5.41, 5.74) is 0.624. The van der Waals surface area contributed by atoms with Crippen molar-refractivity contribution in [3.05, 3.63) is 35.6 Å². The van der Waals surface area contributed by atoms with E-state index >= 15 is 0 Å². The Labute approximate surface area is 115 Å². The second-order valence-corrected chi connectivity index (χ2v) is 4.35. The van der Waals surface area contributed by atoms with Gasteiger partial charge in [-0.15, -0.1) is 0 Å². The minimum atomic E-state index is -0.488. The Morgan fingerprint density at radius 1 is 1.60 bits per heavy atom. The molecule has 0 unspecified atom stereocenters. The van der Waals surface area contributed by atoms with Crippen LogP contribution in [0.15, 0.2) is 24.3 Å². The van der Waals surface area contributed by atoms with E-state index in [-0.39, 0.29) is 12.4 Å². The topological polar surface area (TPSA) is 70.7 Å². The number of nitrogens with one attached hydrogen (secondary N) is 2. The molecular formula is C13H16FN3O3. The summed E-state index contributed by atoms with van der Waals surface area (Å²) in [5.74, 6) is -0.366. The van der Waals surface area contributed by atoms with Gasteiger partial charge in [-0.3, -0.25) is 0 Å². The second kappa shape index (κ2) is 6.33. The number of ether oxygens (including phenoxy) is 1. The average Bonchev–Trinajstić information content (AvgIpc) is 2.85. The quantitative estimate of drug-likeness (QED) is 0.872. The van der Waals surface area contributed by atoms with Gasteiger partial charge in [0.25, 0.3) is 0 Å². The van der Waals surface area contributed by atoms with E-state index in [1.165, 1.54) is 19.2 Å². The monoisotopic (exact) mass is 281 g/mol. The van der Waals surface area contributed by atoms with Gasteiger partial charge in [0.1, 0.15) is 5.82 Å². The van der Waals surface area contributed by atoms with Crippen LogP contribution in [-0.2, 0) is 4.74 Å². The van der Waals surface area contributed by atoms with Crippen LogP contribution in [-0.4, -0.2) is 43.7 Å². The molecule has 1 aromatic rings. The second-order valence-electron chi connectivity index (χ2n) is 4.35. The zero-order valence-corrected chi connectivity index (χ0v) is 11.1. The van der Waals surface area contributed by atoms with Gasteiger partial charge in [0.05, 0.1) is 6.10 Å². The number of rotatable bonds is 4. The number of carbonyl (C=O) groups excluding carboxylic acids is 2. The van der Waals surface area contributed by atoms with Crippen molar-refractivity contribution in [1.29, 1.82) is 0 Å². The first-order chi connectivity index (χ1) is 9.61. The van der Waals surface area contributed by atoms with E-state index in [1.807, 2.05) is 0 Å². The molecule has 0 spiro atoms. The van der Waals surface area contributed by atoms with Crippen LogP contribution >= 0.6 is 0 Å². The maximum atomic E-state index is 13.2. The largest absolute Gasteiger partial charge is 0.375 e. The summed E-state index contributed by atoms with van der Waals surface area (Å²) in [5, 5.41) is 5.14. The van der Waals surface area contributed by atoms with Gasteiger partial charge in [0.15, 0.2) is 0 Å². The normalized spacial score (nSPS) is 15.9. The molecule has 1 heterocycles. The molecule has 108 valence electrons. The molecule has 7 heteroatoms. The van der Waals surface area contributed by atoms with Gasteiger partial charge in [-0.1, -0.05) is 12.1 Å². The van der Waals surface area contributed by atoms with E-state index in [0.717, 1.165) is 4.90 Å². The Morgan fingerprint density at radius 3 is 3.00 bits per heavy atom. The van der Waals surface area contributed by atoms with Crippen molar-refractivity contribution in [3.8, 4) is 0 Å². The lowest BCUT2D eigenvalue weighted by Crippen LogP contribution is -2.43. The smallest absolute Gasteiger partial charge is 0.325 e. The van der Waals surface area contributed by atoms with E-state index in [4.69, 9.17) is 4.74 Å². The molecule has 1 aliphatic heterocycles. The molecule has 1 saturated heterocycles. The predicted octanol–water partition coefficient (Wildman–Crippen LogP) is 1.25. The van der Waals surface area contributed by atoms with Crippen LogP contribution in [0.4, 0.5) is 14.0 Å². The molecule has 4 amide bonds.